The Labute approximate surface area is 207 Å². The summed E-state index contributed by atoms with van der Waals surface area (Å²) in [6.45, 7) is -7.65. The Hall–Kier alpha value is -2.38. The molecular formula is C16H23N4O14P3. The summed E-state index contributed by atoms with van der Waals surface area (Å²) in [7, 11) is -8.76. The number of nitrogens with zero attached hydrogens (tertiary/aromatic N) is 1. The number of hydrogen-bond acceptors (Lipinski definition) is 15. The van der Waals surface area contributed by atoms with E-state index in [9.17, 15) is 42.6 Å². The Morgan fingerprint density at radius 2 is 2.00 bits per heavy atom. The second kappa shape index (κ2) is 12.9. The van der Waals surface area contributed by atoms with Crippen molar-refractivity contribution in [1.82, 2.24) is 15.0 Å². The predicted octanol–water partition coefficient (Wildman–Crippen LogP) is -0.704. The molecule has 0 aliphatic carbocycles. The number of hydrogen-bond donors (Lipinski definition) is 6. The van der Waals surface area contributed by atoms with E-state index >= 15 is 0 Å². The van der Waals surface area contributed by atoms with Crippen LogP contribution in [0.15, 0.2) is 15.8 Å². The van der Waals surface area contributed by atoms with Crippen molar-refractivity contribution in [3.05, 3.63) is 32.6 Å². The van der Waals surface area contributed by atoms with Gasteiger partial charge in [0.1, 0.15) is 0 Å². The fraction of sp³-hybridized carbons (Fsp3) is 0.562. The summed E-state index contributed by atoms with van der Waals surface area (Å²) in [6.07, 6.45) is -2.96. The Kier molecular flexibility index (Phi) is 10.8. The van der Waals surface area contributed by atoms with Crippen LogP contribution in [-0.4, -0.2) is 62.7 Å². The Balaban J connectivity index is 2.13. The molecule has 2 heterocycles. The summed E-state index contributed by atoms with van der Waals surface area (Å²) in [6, 6.07) is 0. The van der Waals surface area contributed by atoms with Crippen molar-refractivity contribution in [3.8, 4) is 11.8 Å². The molecule has 3 atom stereocenters. The predicted molar refractivity (Wildman–Crippen MR) is 121 cm³/mol. The molecule has 21 heteroatoms. The number of aliphatic hydroxyl groups is 1. The number of nitrogens with one attached hydrogen (secondary N) is 2. The molecular weight excluding hydrogens is 565 g/mol. The SMILES string of the molecule is NCCCC(=O)NOCC#Cc1cn([C@H]2C[C@H](O)[C@@H](COP(O)(OO)(P(=O)=O)P(=O)=O)O2)c(=O)[nH]c1=O. The minimum absolute atomic E-state index is 0.146. The number of aromatic nitrogens is 2. The topological polar surface area (TPSA) is 276 Å². The average Bonchev–Trinajstić information content (AvgIpc) is 3.22. The van der Waals surface area contributed by atoms with Gasteiger partial charge in [-0.1, -0.05) is 0 Å². The molecule has 37 heavy (non-hydrogen) atoms. The van der Waals surface area contributed by atoms with E-state index in [1.807, 2.05) is 4.98 Å². The number of carbonyl (C=O) groups excluding carboxylic acids is 1. The molecule has 1 aliphatic rings. The number of amides is 1. The van der Waals surface area contributed by atoms with E-state index in [0.717, 1.165) is 10.8 Å². The molecule has 2 rings (SSSR count). The number of rotatable bonds is 12. The molecule has 206 valence electrons. The van der Waals surface area contributed by atoms with E-state index in [4.69, 9.17) is 20.6 Å². The molecule has 1 aromatic rings. The number of aliphatic hydroxyl groups excluding tert-OH is 1. The molecule has 7 N–H and O–H groups in total. The van der Waals surface area contributed by atoms with Crippen LogP contribution in [0.25, 0.3) is 0 Å². The molecule has 18 nitrogen and oxygen atoms in total. The van der Waals surface area contributed by atoms with Crippen LogP contribution in [0.5, 0.6) is 0 Å². The fourth-order valence-electron chi connectivity index (χ4n) is 2.86. The summed E-state index contributed by atoms with van der Waals surface area (Å²) in [4.78, 5) is 52.6. The maximum atomic E-state index is 12.3. The quantitative estimate of drug-likeness (QED) is 0.0579. The van der Waals surface area contributed by atoms with Gasteiger partial charge < -0.3 is 5.73 Å². The average molecular weight is 588 g/mol. The number of hydroxylamine groups is 1. The molecule has 1 fully saturated rings. The minimum atomic E-state index is -6.58. The van der Waals surface area contributed by atoms with Gasteiger partial charge in [0.25, 0.3) is 0 Å². The van der Waals surface area contributed by atoms with Crippen LogP contribution in [0.1, 0.15) is 31.1 Å². The van der Waals surface area contributed by atoms with Crippen molar-refractivity contribution in [1.29, 1.82) is 0 Å². The second-order valence-corrected chi connectivity index (χ2v) is 17.5. The zero-order valence-corrected chi connectivity index (χ0v) is 21.4. The van der Waals surface area contributed by atoms with Crippen LogP contribution in [0.2, 0.25) is 0 Å². The van der Waals surface area contributed by atoms with Gasteiger partial charge in [-0.25, -0.2) is 5.48 Å². The molecule has 1 aromatic heterocycles. The first kappa shape index (κ1) is 30.8. The first-order chi connectivity index (χ1) is 17.4. The van der Waals surface area contributed by atoms with Crippen LogP contribution in [-0.2, 0) is 41.8 Å². The molecule has 1 aliphatic heterocycles. The summed E-state index contributed by atoms with van der Waals surface area (Å²) >= 11 is 0. The summed E-state index contributed by atoms with van der Waals surface area (Å²) in [5.41, 5.74) is 5.35. The van der Waals surface area contributed by atoms with E-state index in [-0.39, 0.29) is 25.0 Å². The third-order valence-corrected chi connectivity index (χ3v) is 13.9. The molecule has 1 saturated heterocycles. The summed E-state index contributed by atoms with van der Waals surface area (Å²) in [5, 5.41) is 19.0. The number of H-pyrrole nitrogens is 1. The van der Waals surface area contributed by atoms with Crippen molar-refractivity contribution in [2.24, 2.45) is 5.73 Å². The van der Waals surface area contributed by atoms with Gasteiger partial charge in [-0.05, 0) is 13.0 Å². The summed E-state index contributed by atoms with van der Waals surface area (Å²) in [5.74, 6) is 4.45. The first-order valence-electron chi connectivity index (χ1n) is 10.2. The van der Waals surface area contributed by atoms with Crippen molar-refractivity contribution in [2.75, 3.05) is 19.8 Å². The van der Waals surface area contributed by atoms with Crippen molar-refractivity contribution >= 4 is 27.3 Å². The molecule has 0 unspecified atom stereocenters. The van der Waals surface area contributed by atoms with E-state index in [0.29, 0.717) is 13.0 Å². The number of aromatic amines is 1. The van der Waals surface area contributed by atoms with Crippen LogP contribution in [0.3, 0.4) is 0 Å². The van der Waals surface area contributed by atoms with Gasteiger partial charge in [-0.2, -0.15) is 0 Å². The van der Waals surface area contributed by atoms with E-state index < -0.39 is 63.6 Å². The second-order valence-electron chi connectivity index (χ2n) is 7.34. The van der Waals surface area contributed by atoms with Crippen LogP contribution in [0.4, 0.5) is 0 Å². The van der Waals surface area contributed by atoms with Gasteiger partial charge in [0.2, 0.25) is 5.91 Å². The van der Waals surface area contributed by atoms with E-state index in [1.165, 1.54) is 0 Å². The van der Waals surface area contributed by atoms with Gasteiger partial charge >= 0.3 is 166 Å². The standard InChI is InChI=1S/C16H23N4O14P3/c17-5-1-4-13(22)19-31-6-2-3-10-8-20(16(24)18-15(10)23)14-7-11(21)12(33-14)9-32-37(30,34-25,35(26)27)36(28)29/h8,11-12,14,21,25,30H,1,4-7,9,17H2,(H,19,22)(H,18,23,24)/t11-,12+,14+/m0/s1. The Morgan fingerprint density at radius 1 is 1.32 bits per heavy atom. The third-order valence-electron chi connectivity index (χ3n) is 4.81. The maximum absolute atomic E-state index is 12.3. The van der Waals surface area contributed by atoms with Crippen molar-refractivity contribution in [3.63, 3.8) is 0 Å². The third kappa shape index (κ3) is 7.14. The molecule has 0 spiro atoms. The van der Waals surface area contributed by atoms with Gasteiger partial charge in [-0.15, -0.1) is 0 Å². The molecule has 0 saturated carbocycles. The van der Waals surface area contributed by atoms with Gasteiger partial charge in [0, 0.05) is 6.42 Å². The van der Waals surface area contributed by atoms with Crippen molar-refractivity contribution < 1.29 is 57.1 Å². The Bertz CT molecular complexity index is 1290. The Morgan fingerprint density at radius 3 is 2.59 bits per heavy atom. The molecule has 0 aromatic carbocycles. The van der Waals surface area contributed by atoms with Gasteiger partial charge in [0.15, 0.2) is 0 Å². The zero-order chi connectivity index (χ0) is 27.8. The van der Waals surface area contributed by atoms with Crippen LogP contribution >= 0.6 is 21.4 Å². The monoisotopic (exact) mass is 588 g/mol. The fourth-order valence-corrected chi connectivity index (χ4v) is 6.50. The van der Waals surface area contributed by atoms with Gasteiger partial charge in [0.05, 0.1) is 0 Å². The van der Waals surface area contributed by atoms with Gasteiger partial charge in [-0.3, -0.25) is 4.79 Å². The normalized spacial score (nSPS) is 20.3. The number of nitrogens with two attached hydrogens (primary N) is 1. The van der Waals surface area contributed by atoms with Crippen LogP contribution < -0.4 is 22.5 Å². The summed E-state index contributed by atoms with van der Waals surface area (Å²) < 4.78 is 59.5. The molecule has 1 amide bonds. The molecule has 0 radical (unpaired) electrons. The van der Waals surface area contributed by atoms with E-state index in [1.54, 1.807) is 0 Å². The first-order valence-corrected chi connectivity index (χ1v) is 16.0. The van der Waals surface area contributed by atoms with Crippen molar-refractivity contribution in [2.45, 2.75) is 37.7 Å². The zero-order valence-electron chi connectivity index (χ0n) is 18.8. The van der Waals surface area contributed by atoms with Crippen LogP contribution in [0, 0.1) is 11.8 Å². The number of carbonyl (C=O) groups is 1. The van der Waals surface area contributed by atoms with E-state index in [2.05, 4.69) is 26.5 Å². The number of ether oxygens (including phenoxy) is 1. The molecule has 0 bridgehead atoms.